The Morgan fingerprint density at radius 3 is 2.76 bits per heavy atom. The number of halogens is 2. The van der Waals surface area contributed by atoms with Crippen molar-refractivity contribution in [1.29, 1.82) is 0 Å². The average Bonchev–Trinajstić information content (AvgIpc) is 2.47. The number of hydrogen-bond donors (Lipinski definition) is 1. The highest BCUT2D eigenvalue weighted by atomic mass is 35.5. The van der Waals surface area contributed by atoms with E-state index in [0.717, 1.165) is 28.0 Å². The van der Waals surface area contributed by atoms with Crippen LogP contribution in [0.3, 0.4) is 0 Å². The van der Waals surface area contributed by atoms with Gasteiger partial charge in [0, 0.05) is 21.7 Å². The van der Waals surface area contributed by atoms with Crippen molar-refractivity contribution in [3.63, 3.8) is 0 Å². The lowest BCUT2D eigenvalue weighted by Crippen LogP contribution is -1.96. The molecule has 0 aliphatic rings. The highest BCUT2D eigenvalue weighted by molar-refractivity contribution is 6.31. The molecule has 0 amide bonds. The summed E-state index contributed by atoms with van der Waals surface area (Å²) in [4.78, 5) is 8.48. The Morgan fingerprint density at radius 1 is 1.10 bits per heavy atom. The van der Waals surface area contributed by atoms with Crippen molar-refractivity contribution in [1.82, 2.24) is 9.97 Å². The van der Waals surface area contributed by atoms with Crippen LogP contribution in [0.5, 0.6) is 0 Å². The van der Waals surface area contributed by atoms with Gasteiger partial charge in [-0.1, -0.05) is 23.6 Å². The van der Waals surface area contributed by atoms with Crippen molar-refractivity contribution in [3.05, 3.63) is 59.4 Å². The zero-order valence-electron chi connectivity index (χ0n) is 10.9. The van der Waals surface area contributed by atoms with Crippen LogP contribution in [0.15, 0.2) is 48.8 Å². The molecule has 1 aromatic heterocycles. The second-order valence-electron chi connectivity index (χ2n) is 4.23. The van der Waals surface area contributed by atoms with E-state index in [1.54, 1.807) is 0 Å². The van der Waals surface area contributed by atoms with E-state index in [0.29, 0.717) is 5.02 Å². The molecule has 0 radical (unpaired) electrons. The number of aromatic nitrogens is 2. The summed E-state index contributed by atoms with van der Waals surface area (Å²) < 4.78 is 0. The second-order valence-corrected chi connectivity index (χ2v) is 4.67. The van der Waals surface area contributed by atoms with Crippen molar-refractivity contribution in [2.24, 2.45) is 0 Å². The van der Waals surface area contributed by atoms with Gasteiger partial charge in [-0.05, 0) is 36.4 Å². The van der Waals surface area contributed by atoms with Gasteiger partial charge < -0.3 is 5.32 Å². The predicted molar refractivity (Wildman–Crippen MR) is 89.5 cm³/mol. The fourth-order valence-corrected chi connectivity index (χ4v) is 2.12. The molecule has 1 heterocycles. The third kappa shape index (κ3) is 3.25. The molecule has 0 atom stereocenters. The summed E-state index contributed by atoms with van der Waals surface area (Å²) in [5, 5.41) is 4.81. The lowest BCUT2D eigenvalue weighted by molar-refractivity contribution is 1.22. The maximum Gasteiger partial charge on any atom is 0.141 e. The second kappa shape index (κ2) is 6.45. The average molecular weight is 316 g/mol. The van der Waals surface area contributed by atoms with Crippen LogP contribution in [-0.2, 0) is 0 Å². The van der Waals surface area contributed by atoms with Crippen molar-refractivity contribution < 1.29 is 0 Å². The summed E-state index contributed by atoms with van der Waals surface area (Å²) in [6, 6.07) is 13.1. The van der Waals surface area contributed by atoms with Crippen LogP contribution >= 0.6 is 24.0 Å². The molecule has 0 saturated carbocycles. The predicted octanol–water partition coefficient (Wildman–Crippen LogP) is 4.43. The molecular weight excluding hydrogens is 305 g/mol. The summed E-state index contributed by atoms with van der Waals surface area (Å²) in [5.74, 6) is 3.33. The first-order valence-electron chi connectivity index (χ1n) is 6.00. The van der Waals surface area contributed by atoms with E-state index in [1.807, 2.05) is 42.5 Å². The van der Waals surface area contributed by atoms with Gasteiger partial charge in [-0.3, -0.25) is 0 Å². The van der Waals surface area contributed by atoms with E-state index in [4.69, 9.17) is 18.0 Å². The number of benzene rings is 2. The molecule has 3 nitrogen and oxygen atoms in total. The first kappa shape index (κ1) is 15.1. The molecule has 21 heavy (non-hydrogen) atoms. The topological polar surface area (TPSA) is 37.8 Å². The standard InChI is InChI=1S/C16H10ClN3.ClH/c1-2-11-4-3-5-13(8-11)20-16-14-7-6-12(17)9-15(14)18-10-19-16;/h1,3-10H,(H,18,19,20);1H. The molecule has 0 spiro atoms. The van der Waals surface area contributed by atoms with Crippen molar-refractivity contribution in [2.45, 2.75) is 0 Å². The molecule has 5 heteroatoms. The Kier molecular flexibility index (Phi) is 4.64. The lowest BCUT2D eigenvalue weighted by atomic mass is 10.2. The van der Waals surface area contributed by atoms with Crippen LogP contribution in [0.4, 0.5) is 11.5 Å². The van der Waals surface area contributed by atoms with Gasteiger partial charge in [-0.15, -0.1) is 18.8 Å². The van der Waals surface area contributed by atoms with Crippen LogP contribution < -0.4 is 5.32 Å². The first-order valence-corrected chi connectivity index (χ1v) is 6.38. The van der Waals surface area contributed by atoms with Gasteiger partial charge in [0.2, 0.25) is 0 Å². The summed E-state index contributed by atoms with van der Waals surface area (Å²) >= 11 is 5.97. The molecule has 0 bridgehead atoms. The minimum absolute atomic E-state index is 0. The minimum Gasteiger partial charge on any atom is -0.340 e. The Morgan fingerprint density at radius 2 is 1.95 bits per heavy atom. The van der Waals surface area contributed by atoms with E-state index in [9.17, 15) is 0 Å². The van der Waals surface area contributed by atoms with Gasteiger partial charge in [0.25, 0.3) is 0 Å². The molecule has 3 rings (SSSR count). The summed E-state index contributed by atoms with van der Waals surface area (Å²) in [7, 11) is 0. The summed E-state index contributed by atoms with van der Waals surface area (Å²) in [6.45, 7) is 0. The third-order valence-corrected chi connectivity index (χ3v) is 3.13. The smallest absolute Gasteiger partial charge is 0.141 e. The zero-order valence-corrected chi connectivity index (χ0v) is 12.4. The van der Waals surface area contributed by atoms with Gasteiger partial charge in [0.1, 0.15) is 12.1 Å². The molecule has 2 aromatic carbocycles. The molecule has 0 unspecified atom stereocenters. The quantitative estimate of drug-likeness (QED) is 0.711. The maximum absolute atomic E-state index is 5.97. The number of fused-ring (bicyclic) bond motifs is 1. The minimum atomic E-state index is 0. The molecule has 0 saturated heterocycles. The van der Waals surface area contributed by atoms with Crippen molar-refractivity contribution >= 4 is 46.4 Å². The lowest BCUT2D eigenvalue weighted by Gasteiger charge is -2.08. The van der Waals surface area contributed by atoms with Gasteiger partial charge in [-0.2, -0.15) is 0 Å². The summed E-state index contributed by atoms with van der Waals surface area (Å²) in [5.41, 5.74) is 2.50. The largest absolute Gasteiger partial charge is 0.340 e. The van der Waals surface area contributed by atoms with E-state index in [2.05, 4.69) is 21.2 Å². The SMILES string of the molecule is C#Cc1cccc(Nc2ncnc3cc(Cl)ccc23)c1.Cl. The van der Waals surface area contributed by atoms with Gasteiger partial charge in [0.05, 0.1) is 5.52 Å². The Bertz CT molecular complexity index is 825. The molecule has 1 N–H and O–H groups in total. The molecular formula is C16H11Cl2N3. The van der Waals surface area contributed by atoms with Gasteiger partial charge in [0.15, 0.2) is 0 Å². The van der Waals surface area contributed by atoms with Crippen LogP contribution in [0.2, 0.25) is 5.02 Å². The Labute approximate surface area is 133 Å². The van der Waals surface area contributed by atoms with Gasteiger partial charge in [-0.25, -0.2) is 9.97 Å². The van der Waals surface area contributed by atoms with E-state index < -0.39 is 0 Å². The molecule has 3 aromatic rings. The number of nitrogens with zero attached hydrogens (tertiary/aromatic N) is 2. The fourth-order valence-electron chi connectivity index (χ4n) is 1.95. The number of hydrogen-bond acceptors (Lipinski definition) is 3. The number of anilines is 2. The van der Waals surface area contributed by atoms with E-state index in [-0.39, 0.29) is 12.4 Å². The maximum atomic E-state index is 5.97. The third-order valence-electron chi connectivity index (χ3n) is 2.89. The molecule has 104 valence electrons. The van der Waals surface area contributed by atoms with Crippen molar-refractivity contribution in [3.8, 4) is 12.3 Å². The highest BCUT2D eigenvalue weighted by Gasteiger charge is 2.04. The highest BCUT2D eigenvalue weighted by Crippen LogP contribution is 2.25. The van der Waals surface area contributed by atoms with E-state index >= 15 is 0 Å². The number of rotatable bonds is 2. The monoisotopic (exact) mass is 315 g/mol. The fraction of sp³-hybridized carbons (Fsp3) is 0. The summed E-state index contributed by atoms with van der Waals surface area (Å²) in [6.07, 6.45) is 6.91. The van der Waals surface area contributed by atoms with Gasteiger partial charge >= 0.3 is 0 Å². The number of nitrogens with one attached hydrogen (secondary N) is 1. The molecule has 0 aliphatic carbocycles. The first-order chi connectivity index (χ1) is 9.76. The van der Waals surface area contributed by atoms with Crippen LogP contribution in [0.1, 0.15) is 5.56 Å². The van der Waals surface area contributed by atoms with Crippen LogP contribution in [0, 0.1) is 12.3 Å². The van der Waals surface area contributed by atoms with Crippen LogP contribution in [-0.4, -0.2) is 9.97 Å². The normalized spacial score (nSPS) is 9.71. The molecule has 0 aliphatic heterocycles. The van der Waals surface area contributed by atoms with E-state index in [1.165, 1.54) is 6.33 Å². The Balaban J connectivity index is 0.00000161. The molecule has 0 fully saturated rings. The van der Waals surface area contributed by atoms with Crippen molar-refractivity contribution in [2.75, 3.05) is 5.32 Å². The Hall–Kier alpha value is -2.28. The number of terminal acetylenes is 1. The van der Waals surface area contributed by atoms with Crippen LogP contribution in [0.25, 0.3) is 10.9 Å². The zero-order chi connectivity index (χ0) is 13.9.